The number of benzene rings is 4. The zero-order valence-electron chi connectivity index (χ0n) is 17.2. The number of rotatable bonds is 6. The maximum atomic E-state index is 10.8. The Hall–Kier alpha value is -3.75. The maximum absolute atomic E-state index is 10.8. The Morgan fingerprint density at radius 2 is 1.88 bits per heavy atom. The SMILES string of the molecule is O=[N+]([O-])c1ccc(CSc2nc3ccc(N=Cc4c(O)ccc5ccccc45)cc3s2)cc1. The van der Waals surface area contributed by atoms with Crippen LogP contribution in [0.25, 0.3) is 21.0 Å². The fraction of sp³-hybridized carbons (Fsp3) is 0.0400. The Morgan fingerprint density at radius 3 is 2.70 bits per heavy atom. The molecule has 0 bridgehead atoms. The third-order valence-corrected chi connectivity index (χ3v) is 7.38. The number of phenolic OH excluding ortho intramolecular Hbond substituents is 1. The van der Waals surface area contributed by atoms with Crippen LogP contribution in [-0.2, 0) is 5.75 Å². The van der Waals surface area contributed by atoms with Crippen molar-refractivity contribution in [1.82, 2.24) is 4.98 Å². The van der Waals surface area contributed by atoms with E-state index < -0.39 is 4.92 Å². The second-order valence-electron chi connectivity index (χ2n) is 7.32. The molecule has 5 aromatic rings. The van der Waals surface area contributed by atoms with Gasteiger partial charge in [-0.3, -0.25) is 15.1 Å². The van der Waals surface area contributed by atoms with Crippen LogP contribution in [0.5, 0.6) is 5.75 Å². The van der Waals surface area contributed by atoms with Gasteiger partial charge in [-0.05, 0) is 40.6 Å². The van der Waals surface area contributed by atoms with E-state index in [1.807, 2.05) is 48.5 Å². The highest BCUT2D eigenvalue weighted by atomic mass is 32.2. The van der Waals surface area contributed by atoms with E-state index in [0.29, 0.717) is 11.3 Å². The molecule has 33 heavy (non-hydrogen) atoms. The molecule has 6 nitrogen and oxygen atoms in total. The molecule has 0 aliphatic carbocycles. The number of nitro groups is 1. The van der Waals surface area contributed by atoms with Crippen LogP contribution < -0.4 is 0 Å². The second kappa shape index (κ2) is 9.01. The number of thioether (sulfide) groups is 1. The monoisotopic (exact) mass is 471 g/mol. The number of aromatic nitrogens is 1. The lowest BCUT2D eigenvalue weighted by Gasteiger charge is -2.04. The van der Waals surface area contributed by atoms with Gasteiger partial charge in [0.05, 0.1) is 20.8 Å². The Kier molecular flexibility index (Phi) is 5.77. The van der Waals surface area contributed by atoms with Gasteiger partial charge in [0.1, 0.15) is 5.75 Å². The van der Waals surface area contributed by atoms with Crippen molar-refractivity contribution in [3.05, 3.63) is 100 Å². The summed E-state index contributed by atoms with van der Waals surface area (Å²) in [5.41, 5.74) is 3.47. The predicted octanol–water partition coefficient (Wildman–Crippen LogP) is 7.11. The van der Waals surface area contributed by atoms with E-state index in [9.17, 15) is 15.2 Å². The minimum Gasteiger partial charge on any atom is -0.507 e. The van der Waals surface area contributed by atoms with Crippen LogP contribution in [0, 0.1) is 10.1 Å². The molecule has 0 aliphatic rings. The van der Waals surface area contributed by atoms with E-state index in [-0.39, 0.29) is 11.4 Å². The Balaban J connectivity index is 1.34. The fourth-order valence-corrected chi connectivity index (χ4v) is 5.51. The molecule has 1 N–H and O–H groups in total. The maximum Gasteiger partial charge on any atom is 0.269 e. The Morgan fingerprint density at radius 1 is 1.06 bits per heavy atom. The van der Waals surface area contributed by atoms with Crippen molar-refractivity contribution in [1.29, 1.82) is 0 Å². The number of nitrogens with zero attached hydrogens (tertiary/aromatic N) is 3. The average Bonchev–Trinajstić information content (AvgIpc) is 3.24. The molecule has 0 saturated heterocycles. The van der Waals surface area contributed by atoms with Crippen LogP contribution >= 0.6 is 23.1 Å². The topological polar surface area (TPSA) is 88.6 Å². The van der Waals surface area contributed by atoms with Crippen LogP contribution in [0.3, 0.4) is 0 Å². The first-order chi connectivity index (χ1) is 16.1. The molecular weight excluding hydrogens is 454 g/mol. The van der Waals surface area contributed by atoms with Crippen molar-refractivity contribution in [2.45, 2.75) is 10.1 Å². The molecular formula is C25H17N3O3S2. The number of phenols is 1. The summed E-state index contributed by atoms with van der Waals surface area (Å²) in [5, 5.41) is 23.1. The minimum absolute atomic E-state index is 0.0913. The molecule has 0 aliphatic heterocycles. The summed E-state index contributed by atoms with van der Waals surface area (Å²) in [4.78, 5) is 19.7. The molecule has 5 rings (SSSR count). The second-order valence-corrected chi connectivity index (χ2v) is 9.57. The molecule has 162 valence electrons. The summed E-state index contributed by atoms with van der Waals surface area (Å²) in [7, 11) is 0. The van der Waals surface area contributed by atoms with Gasteiger partial charge in [0, 0.05) is 29.7 Å². The van der Waals surface area contributed by atoms with Crippen molar-refractivity contribution < 1.29 is 10.0 Å². The summed E-state index contributed by atoms with van der Waals surface area (Å²) in [6.07, 6.45) is 1.70. The number of fused-ring (bicyclic) bond motifs is 2. The summed E-state index contributed by atoms with van der Waals surface area (Å²) in [6, 6.07) is 23.9. The molecule has 0 saturated carbocycles. The third-order valence-electron chi connectivity index (χ3n) is 5.15. The predicted molar refractivity (Wildman–Crippen MR) is 135 cm³/mol. The van der Waals surface area contributed by atoms with Gasteiger partial charge in [0.15, 0.2) is 4.34 Å². The summed E-state index contributed by atoms with van der Waals surface area (Å²) in [5.74, 6) is 0.879. The first-order valence-electron chi connectivity index (χ1n) is 10.1. The van der Waals surface area contributed by atoms with Gasteiger partial charge in [-0.2, -0.15) is 0 Å². The Bertz CT molecular complexity index is 1510. The van der Waals surface area contributed by atoms with E-state index in [0.717, 1.165) is 36.6 Å². The molecule has 1 heterocycles. The molecule has 0 amide bonds. The Labute approximate surface area is 197 Å². The number of hydrogen-bond donors (Lipinski definition) is 1. The van der Waals surface area contributed by atoms with E-state index in [1.54, 1.807) is 47.5 Å². The van der Waals surface area contributed by atoms with Gasteiger partial charge in [-0.1, -0.05) is 54.2 Å². The van der Waals surface area contributed by atoms with Crippen LogP contribution in [0.1, 0.15) is 11.1 Å². The number of thiazole rings is 1. The lowest BCUT2D eigenvalue weighted by atomic mass is 10.0. The van der Waals surface area contributed by atoms with Crippen molar-refractivity contribution >= 4 is 61.7 Å². The van der Waals surface area contributed by atoms with Crippen LogP contribution in [0.15, 0.2) is 88.2 Å². The number of non-ortho nitro benzene ring substituents is 1. The van der Waals surface area contributed by atoms with Gasteiger partial charge in [-0.25, -0.2) is 4.98 Å². The highest BCUT2D eigenvalue weighted by molar-refractivity contribution is 8.00. The molecule has 0 spiro atoms. The minimum atomic E-state index is -0.397. The van der Waals surface area contributed by atoms with Crippen LogP contribution in [-0.4, -0.2) is 21.2 Å². The summed E-state index contributed by atoms with van der Waals surface area (Å²) in [6.45, 7) is 0. The molecule has 8 heteroatoms. The number of nitro benzene ring substituents is 1. The van der Waals surface area contributed by atoms with E-state index >= 15 is 0 Å². The largest absolute Gasteiger partial charge is 0.507 e. The zero-order chi connectivity index (χ0) is 22.8. The van der Waals surface area contributed by atoms with Gasteiger partial charge >= 0.3 is 0 Å². The lowest BCUT2D eigenvalue weighted by molar-refractivity contribution is -0.384. The molecule has 0 fully saturated rings. The van der Waals surface area contributed by atoms with Crippen molar-refractivity contribution in [3.8, 4) is 5.75 Å². The van der Waals surface area contributed by atoms with Crippen LogP contribution in [0.2, 0.25) is 0 Å². The van der Waals surface area contributed by atoms with E-state index in [4.69, 9.17) is 0 Å². The first-order valence-corrected chi connectivity index (χ1v) is 11.9. The number of aliphatic imine (C=N–C) groups is 1. The highest BCUT2D eigenvalue weighted by Gasteiger charge is 2.09. The molecule has 4 aromatic carbocycles. The van der Waals surface area contributed by atoms with E-state index in [2.05, 4.69) is 9.98 Å². The standard InChI is InChI=1S/C25H17N3O3S2/c29-23-12-7-17-3-1-2-4-20(17)21(23)14-26-18-8-11-22-24(13-18)33-25(27-22)32-15-16-5-9-19(10-6-16)28(30)31/h1-14,29H,15H2. The third kappa shape index (κ3) is 4.57. The highest BCUT2D eigenvalue weighted by Crippen LogP contribution is 2.34. The smallest absolute Gasteiger partial charge is 0.269 e. The number of aromatic hydroxyl groups is 1. The van der Waals surface area contributed by atoms with E-state index in [1.165, 1.54) is 12.1 Å². The average molecular weight is 472 g/mol. The van der Waals surface area contributed by atoms with Crippen molar-refractivity contribution in [3.63, 3.8) is 0 Å². The molecule has 0 atom stereocenters. The van der Waals surface area contributed by atoms with Crippen LogP contribution in [0.4, 0.5) is 11.4 Å². The molecule has 0 radical (unpaired) electrons. The van der Waals surface area contributed by atoms with Gasteiger partial charge < -0.3 is 5.11 Å². The molecule has 1 aromatic heterocycles. The fourth-order valence-electron chi connectivity index (χ4n) is 3.45. The first kappa shape index (κ1) is 21.1. The van der Waals surface area contributed by atoms with Crippen molar-refractivity contribution in [2.24, 2.45) is 4.99 Å². The normalized spacial score (nSPS) is 11.5. The summed E-state index contributed by atoms with van der Waals surface area (Å²) < 4.78 is 1.95. The van der Waals surface area contributed by atoms with Gasteiger partial charge in [0.2, 0.25) is 0 Å². The van der Waals surface area contributed by atoms with Crippen molar-refractivity contribution in [2.75, 3.05) is 0 Å². The lowest BCUT2D eigenvalue weighted by Crippen LogP contribution is -1.88. The quantitative estimate of drug-likeness (QED) is 0.123. The van der Waals surface area contributed by atoms with Gasteiger partial charge in [0.25, 0.3) is 5.69 Å². The van der Waals surface area contributed by atoms with Gasteiger partial charge in [-0.15, -0.1) is 11.3 Å². The summed E-state index contributed by atoms with van der Waals surface area (Å²) >= 11 is 3.19. The number of hydrogen-bond acceptors (Lipinski definition) is 7. The molecule has 0 unspecified atom stereocenters. The zero-order valence-corrected chi connectivity index (χ0v) is 18.8.